The number of hydrogen-bond acceptors (Lipinski definition) is 4. The zero-order valence-electron chi connectivity index (χ0n) is 16.7. The Labute approximate surface area is 165 Å². The molecule has 0 aromatic carbocycles. The smallest absolute Gasteiger partial charge is 0.303 e. The fourth-order valence-electron chi connectivity index (χ4n) is 4.26. The van der Waals surface area contributed by atoms with Crippen molar-refractivity contribution in [1.29, 1.82) is 0 Å². The molecule has 8 nitrogen and oxygen atoms in total. The zero-order chi connectivity index (χ0) is 20.3. The number of aromatic nitrogens is 2. The van der Waals surface area contributed by atoms with E-state index in [4.69, 9.17) is 5.11 Å². The standard InChI is InChI=1S/C20H30N4O4/c1-20(2,10-18(26)27)9-17(25)24-11-15-14(21-12-22-15)8-16(24)19(28)23-13-6-4-3-5-7-13/h12-13,16H,3-11H2,1-2H3,(H,21,22)(H,23,28)(H,26,27)/t16-/m0/s1. The van der Waals surface area contributed by atoms with Gasteiger partial charge in [-0.05, 0) is 18.3 Å². The molecular formula is C20H30N4O4. The molecule has 1 fully saturated rings. The van der Waals surface area contributed by atoms with Gasteiger partial charge in [0.05, 0.1) is 30.7 Å². The molecule has 2 aliphatic rings. The summed E-state index contributed by atoms with van der Waals surface area (Å²) in [5, 5.41) is 12.2. The maximum absolute atomic E-state index is 13.1. The average Bonchev–Trinajstić information content (AvgIpc) is 3.07. The third-order valence-corrected chi connectivity index (χ3v) is 5.73. The van der Waals surface area contributed by atoms with Crippen LogP contribution in [0.1, 0.15) is 70.2 Å². The molecule has 0 radical (unpaired) electrons. The van der Waals surface area contributed by atoms with Gasteiger partial charge in [0.15, 0.2) is 0 Å². The lowest BCUT2D eigenvalue weighted by molar-refractivity contribution is -0.145. The number of rotatable bonds is 6. The van der Waals surface area contributed by atoms with E-state index in [2.05, 4.69) is 15.3 Å². The minimum Gasteiger partial charge on any atom is -0.481 e. The lowest BCUT2D eigenvalue weighted by Gasteiger charge is -2.37. The van der Waals surface area contributed by atoms with Gasteiger partial charge in [-0.1, -0.05) is 33.1 Å². The summed E-state index contributed by atoms with van der Waals surface area (Å²) in [5.74, 6) is -1.26. The van der Waals surface area contributed by atoms with Crippen molar-refractivity contribution in [3.05, 3.63) is 17.7 Å². The van der Waals surface area contributed by atoms with E-state index in [0.29, 0.717) is 13.0 Å². The second-order valence-electron chi connectivity index (χ2n) is 8.82. The SMILES string of the molecule is CC(C)(CC(=O)O)CC(=O)N1Cc2[nH]cnc2C[C@H]1C(=O)NC1CCCCC1. The van der Waals surface area contributed by atoms with Gasteiger partial charge >= 0.3 is 5.97 Å². The Bertz CT molecular complexity index is 736. The van der Waals surface area contributed by atoms with E-state index < -0.39 is 17.4 Å². The molecule has 0 bridgehead atoms. The van der Waals surface area contributed by atoms with Crippen LogP contribution in [0.2, 0.25) is 0 Å². The zero-order valence-corrected chi connectivity index (χ0v) is 16.7. The molecule has 2 amide bonds. The number of H-pyrrole nitrogens is 1. The molecule has 0 unspecified atom stereocenters. The van der Waals surface area contributed by atoms with Crippen LogP contribution in [-0.4, -0.2) is 49.8 Å². The highest BCUT2D eigenvalue weighted by molar-refractivity contribution is 5.89. The number of fused-ring (bicyclic) bond motifs is 1. The Kier molecular flexibility index (Phi) is 6.05. The van der Waals surface area contributed by atoms with Crippen LogP contribution in [-0.2, 0) is 27.3 Å². The lowest BCUT2D eigenvalue weighted by atomic mass is 9.84. The first-order valence-electron chi connectivity index (χ1n) is 10.1. The van der Waals surface area contributed by atoms with Gasteiger partial charge in [-0.25, -0.2) is 4.98 Å². The Hall–Kier alpha value is -2.38. The summed E-state index contributed by atoms with van der Waals surface area (Å²) in [6.07, 6.45) is 7.34. The minimum absolute atomic E-state index is 0.0793. The predicted octanol–water partition coefficient (Wildman–Crippen LogP) is 2.00. The Morgan fingerprint density at radius 1 is 1.25 bits per heavy atom. The molecule has 154 valence electrons. The van der Waals surface area contributed by atoms with E-state index in [1.54, 1.807) is 25.1 Å². The normalized spacial score (nSPS) is 20.5. The summed E-state index contributed by atoms with van der Waals surface area (Å²) in [5.41, 5.74) is 0.977. The Morgan fingerprint density at radius 3 is 2.64 bits per heavy atom. The summed E-state index contributed by atoms with van der Waals surface area (Å²) in [6.45, 7) is 3.82. The highest BCUT2D eigenvalue weighted by Gasteiger charge is 2.38. The molecule has 2 heterocycles. The van der Waals surface area contributed by atoms with Crippen LogP contribution in [0, 0.1) is 5.41 Å². The van der Waals surface area contributed by atoms with E-state index in [-0.39, 0.29) is 30.7 Å². The Morgan fingerprint density at radius 2 is 1.96 bits per heavy atom. The number of carboxylic acid groups (broad SMARTS) is 1. The molecule has 28 heavy (non-hydrogen) atoms. The molecule has 0 saturated heterocycles. The quantitative estimate of drug-likeness (QED) is 0.687. The summed E-state index contributed by atoms with van der Waals surface area (Å²) >= 11 is 0. The molecule has 1 aromatic rings. The number of carbonyl (C=O) groups excluding carboxylic acids is 2. The molecule has 1 aliphatic heterocycles. The number of aliphatic carboxylic acids is 1. The number of imidazole rings is 1. The van der Waals surface area contributed by atoms with Crippen LogP contribution in [0.25, 0.3) is 0 Å². The maximum atomic E-state index is 13.1. The van der Waals surface area contributed by atoms with E-state index in [0.717, 1.165) is 37.1 Å². The number of hydrogen-bond donors (Lipinski definition) is 3. The van der Waals surface area contributed by atoms with Crippen molar-refractivity contribution in [2.24, 2.45) is 5.41 Å². The molecule has 1 aromatic heterocycles. The van der Waals surface area contributed by atoms with Gasteiger partial charge in [-0.3, -0.25) is 14.4 Å². The fraction of sp³-hybridized carbons (Fsp3) is 0.700. The van der Waals surface area contributed by atoms with Gasteiger partial charge in [-0.2, -0.15) is 0 Å². The van der Waals surface area contributed by atoms with E-state index in [9.17, 15) is 14.4 Å². The summed E-state index contributed by atoms with van der Waals surface area (Å²) in [7, 11) is 0. The number of carboxylic acids is 1. The Balaban J connectivity index is 1.74. The molecule has 1 saturated carbocycles. The van der Waals surface area contributed by atoms with E-state index >= 15 is 0 Å². The van der Waals surface area contributed by atoms with Crippen LogP contribution < -0.4 is 5.32 Å². The van der Waals surface area contributed by atoms with Gasteiger partial charge in [0.2, 0.25) is 11.8 Å². The predicted molar refractivity (Wildman–Crippen MR) is 102 cm³/mol. The number of nitrogens with zero attached hydrogens (tertiary/aromatic N) is 2. The van der Waals surface area contributed by atoms with Crippen molar-refractivity contribution < 1.29 is 19.5 Å². The van der Waals surface area contributed by atoms with Crippen molar-refractivity contribution in [3.8, 4) is 0 Å². The first kappa shape index (κ1) is 20.4. The van der Waals surface area contributed by atoms with Crippen molar-refractivity contribution in [2.75, 3.05) is 0 Å². The lowest BCUT2D eigenvalue weighted by Crippen LogP contribution is -2.55. The molecule has 3 rings (SSSR count). The molecule has 3 N–H and O–H groups in total. The number of nitrogens with one attached hydrogen (secondary N) is 2. The van der Waals surface area contributed by atoms with Crippen LogP contribution >= 0.6 is 0 Å². The summed E-state index contributed by atoms with van der Waals surface area (Å²) in [4.78, 5) is 46.1. The van der Waals surface area contributed by atoms with Crippen molar-refractivity contribution >= 4 is 17.8 Å². The topological polar surface area (TPSA) is 115 Å². The number of amides is 2. The second kappa shape index (κ2) is 8.32. The molecular weight excluding hydrogens is 360 g/mol. The van der Waals surface area contributed by atoms with Crippen molar-refractivity contribution in [1.82, 2.24) is 20.2 Å². The third kappa shape index (κ3) is 4.91. The minimum atomic E-state index is -0.932. The van der Waals surface area contributed by atoms with Gasteiger partial charge in [0.1, 0.15) is 6.04 Å². The molecule has 0 spiro atoms. The first-order valence-corrected chi connectivity index (χ1v) is 10.1. The molecule has 1 atom stereocenters. The molecule has 8 heteroatoms. The summed E-state index contributed by atoms with van der Waals surface area (Å²) in [6, 6.07) is -0.437. The van der Waals surface area contributed by atoms with Gasteiger partial charge in [0, 0.05) is 18.9 Å². The van der Waals surface area contributed by atoms with E-state index in [1.807, 2.05) is 0 Å². The molecule has 1 aliphatic carbocycles. The van der Waals surface area contributed by atoms with Crippen LogP contribution in [0.15, 0.2) is 6.33 Å². The van der Waals surface area contributed by atoms with Crippen molar-refractivity contribution in [3.63, 3.8) is 0 Å². The van der Waals surface area contributed by atoms with Gasteiger partial charge in [-0.15, -0.1) is 0 Å². The van der Waals surface area contributed by atoms with Crippen LogP contribution in [0.4, 0.5) is 0 Å². The fourth-order valence-corrected chi connectivity index (χ4v) is 4.26. The number of carbonyl (C=O) groups is 3. The van der Waals surface area contributed by atoms with Gasteiger partial charge < -0.3 is 20.3 Å². The van der Waals surface area contributed by atoms with Crippen LogP contribution in [0.5, 0.6) is 0 Å². The number of aromatic amines is 1. The first-order chi connectivity index (χ1) is 13.2. The van der Waals surface area contributed by atoms with Crippen molar-refractivity contribution in [2.45, 2.75) is 83.8 Å². The van der Waals surface area contributed by atoms with Gasteiger partial charge in [0.25, 0.3) is 0 Å². The monoisotopic (exact) mass is 390 g/mol. The maximum Gasteiger partial charge on any atom is 0.303 e. The third-order valence-electron chi connectivity index (χ3n) is 5.73. The second-order valence-corrected chi connectivity index (χ2v) is 8.82. The largest absolute Gasteiger partial charge is 0.481 e. The summed E-state index contributed by atoms with van der Waals surface area (Å²) < 4.78 is 0. The van der Waals surface area contributed by atoms with Crippen LogP contribution in [0.3, 0.4) is 0 Å². The highest BCUT2D eigenvalue weighted by atomic mass is 16.4. The van der Waals surface area contributed by atoms with E-state index in [1.165, 1.54) is 6.42 Å². The average molecular weight is 390 g/mol. The highest BCUT2D eigenvalue weighted by Crippen LogP contribution is 2.29.